The molecule has 0 aromatic heterocycles. The van der Waals surface area contributed by atoms with Crippen molar-refractivity contribution in [2.75, 3.05) is 25.4 Å². The van der Waals surface area contributed by atoms with Gasteiger partial charge in [-0.15, -0.1) is 11.8 Å². The average Bonchev–Trinajstić information content (AvgIpc) is 2.41. The van der Waals surface area contributed by atoms with E-state index in [1.807, 2.05) is 11.8 Å². The summed E-state index contributed by atoms with van der Waals surface area (Å²) in [6, 6.07) is 10.7. The Bertz CT molecular complexity index is 304. The Balaban J connectivity index is 1.63. The molecule has 0 atom stereocenters. The van der Waals surface area contributed by atoms with E-state index < -0.39 is 0 Å². The molecule has 1 aromatic rings. The fraction of sp³-hybridized carbons (Fsp3) is 0.600. The molecule has 0 amide bonds. The van der Waals surface area contributed by atoms with Gasteiger partial charge < -0.3 is 4.90 Å². The minimum Gasteiger partial charge on any atom is -0.302 e. The van der Waals surface area contributed by atoms with Gasteiger partial charge in [0.2, 0.25) is 0 Å². The highest BCUT2D eigenvalue weighted by molar-refractivity contribution is 7.99. The topological polar surface area (TPSA) is 3.24 Å². The second kappa shape index (κ2) is 7.07. The minimum atomic E-state index is 0.994. The van der Waals surface area contributed by atoms with Crippen molar-refractivity contribution in [2.45, 2.75) is 31.1 Å². The van der Waals surface area contributed by atoms with Crippen LogP contribution in [0.5, 0.6) is 0 Å². The molecule has 1 nitrogen and oxygen atoms in total. The second-order valence-electron chi connectivity index (χ2n) is 4.85. The minimum absolute atomic E-state index is 0.994. The van der Waals surface area contributed by atoms with Crippen LogP contribution in [0.25, 0.3) is 0 Å². The average molecular weight is 249 g/mol. The predicted octanol–water partition coefficient (Wildman–Crippen LogP) is 3.90. The SMILES string of the molecule is CCC1CCN(CCSc2ccccc2)CC1. The Labute approximate surface area is 110 Å². The highest BCUT2D eigenvalue weighted by atomic mass is 32.2. The third kappa shape index (κ3) is 4.36. The number of rotatable bonds is 5. The monoisotopic (exact) mass is 249 g/mol. The molecule has 1 aliphatic rings. The summed E-state index contributed by atoms with van der Waals surface area (Å²) in [4.78, 5) is 4.03. The Hall–Kier alpha value is -0.470. The molecule has 1 saturated heterocycles. The summed E-state index contributed by atoms with van der Waals surface area (Å²) in [6.45, 7) is 6.20. The van der Waals surface area contributed by atoms with E-state index in [0.717, 1.165) is 5.92 Å². The van der Waals surface area contributed by atoms with Gasteiger partial charge >= 0.3 is 0 Å². The fourth-order valence-corrected chi connectivity index (χ4v) is 3.36. The van der Waals surface area contributed by atoms with Crippen LogP contribution in [-0.2, 0) is 0 Å². The Kier molecular flexibility index (Phi) is 5.40. The first-order valence-corrected chi connectivity index (χ1v) is 7.77. The van der Waals surface area contributed by atoms with Gasteiger partial charge in [-0.1, -0.05) is 31.5 Å². The molecule has 1 aliphatic heterocycles. The molecule has 1 aromatic carbocycles. The first-order valence-electron chi connectivity index (χ1n) is 6.78. The van der Waals surface area contributed by atoms with Crippen LogP contribution in [0.3, 0.4) is 0 Å². The number of likely N-dealkylation sites (tertiary alicyclic amines) is 1. The molecule has 0 spiro atoms. The van der Waals surface area contributed by atoms with Crippen molar-refractivity contribution in [1.29, 1.82) is 0 Å². The highest BCUT2D eigenvalue weighted by Crippen LogP contribution is 2.21. The van der Waals surface area contributed by atoms with Crippen molar-refractivity contribution in [3.63, 3.8) is 0 Å². The third-order valence-corrected chi connectivity index (χ3v) is 4.70. The lowest BCUT2D eigenvalue weighted by atomic mass is 9.94. The van der Waals surface area contributed by atoms with Crippen molar-refractivity contribution in [3.8, 4) is 0 Å². The third-order valence-electron chi connectivity index (χ3n) is 3.70. The van der Waals surface area contributed by atoms with E-state index >= 15 is 0 Å². The van der Waals surface area contributed by atoms with Gasteiger partial charge in [0.1, 0.15) is 0 Å². The van der Waals surface area contributed by atoms with Gasteiger partial charge in [0.15, 0.2) is 0 Å². The summed E-state index contributed by atoms with van der Waals surface area (Å²) in [5.41, 5.74) is 0. The lowest BCUT2D eigenvalue weighted by Gasteiger charge is -2.31. The van der Waals surface area contributed by atoms with E-state index in [9.17, 15) is 0 Å². The maximum absolute atomic E-state index is 2.63. The number of benzene rings is 1. The predicted molar refractivity (Wildman–Crippen MR) is 76.6 cm³/mol. The number of piperidine rings is 1. The Morgan fingerprint density at radius 3 is 2.53 bits per heavy atom. The van der Waals surface area contributed by atoms with E-state index in [0.29, 0.717) is 0 Å². The summed E-state index contributed by atoms with van der Waals surface area (Å²) < 4.78 is 0. The zero-order chi connectivity index (χ0) is 11.9. The molecule has 0 radical (unpaired) electrons. The van der Waals surface area contributed by atoms with E-state index in [2.05, 4.69) is 42.2 Å². The number of hydrogen-bond acceptors (Lipinski definition) is 2. The van der Waals surface area contributed by atoms with Gasteiger partial charge in [-0.2, -0.15) is 0 Å². The Morgan fingerprint density at radius 1 is 1.18 bits per heavy atom. The molecule has 0 bridgehead atoms. The smallest absolute Gasteiger partial charge is 0.0108 e. The molecule has 0 saturated carbocycles. The van der Waals surface area contributed by atoms with Crippen LogP contribution in [0.4, 0.5) is 0 Å². The number of nitrogens with zero attached hydrogens (tertiary/aromatic N) is 1. The lowest BCUT2D eigenvalue weighted by Crippen LogP contribution is -2.35. The normalized spacial score (nSPS) is 18.4. The zero-order valence-electron chi connectivity index (χ0n) is 10.8. The van der Waals surface area contributed by atoms with Crippen molar-refractivity contribution in [1.82, 2.24) is 4.90 Å². The van der Waals surface area contributed by atoms with Crippen LogP contribution in [0.2, 0.25) is 0 Å². The molecule has 17 heavy (non-hydrogen) atoms. The summed E-state index contributed by atoms with van der Waals surface area (Å²) in [6.07, 6.45) is 4.19. The van der Waals surface area contributed by atoms with Crippen LogP contribution in [0.1, 0.15) is 26.2 Å². The van der Waals surface area contributed by atoms with E-state index in [1.165, 1.54) is 49.5 Å². The van der Waals surface area contributed by atoms with Crippen LogP contribution in [-0.4, -0.2) is 30.3 Å². The van der Waals surface area contributed by atoms with Crippen molar-refractivity contribution in [2.24, 2.45) is 5.92 Å². The van der Waals surface area contributed by atoms with E-state index in [4.69, 9.17) is 0 Å². The van der Waals surface area contributed by atoms with E-state index in [1.54, 1.807) is 0 Å². The first-order chi connectivity index (χ1) is 8.38. The molecular formula is C15H23NS. The number of thioether (sulfide) groups is 1. The van der Waals surface area contributed by atoms with Crippen molar-refractivity contribution in [3.05, 3.63) is 30.3 Å². The molecule has 1 fully saturated rings. The summed E-state index contributed by atoms with van der Waals surface area (Å²) in [5.74, 6) is 2.22. The molecule has 2 heteroatoms. The molecule has 2 rings (SSSR count). The van der Waals surface area contributed by atoms with Gasteiger partial charge in [0.25, 0.3) is 0 Å². The summed E-state index contributed by atoms with van der Waals surface area (Å²) in [5, 5.41) is 0. The maximum atomic E-state index is 2.63. The summed E-state index contributed by atoms with van der Waals surface area (Å²) in [7, 11) is 0. The zero-order valence-corrected chi connectivity index (χ0v) is 11.6. The molecule has 0 aliphatic carbocycles. The van der Waals surface area contributed by atoms with Crippen molar-refractivity contribution >= 4 is 11.8 Å². The quantitative estimate of drug-likeness (QED) is 0.728. The van der Waals surface area contributed by atoms with Crippen LogP contribution >= 0.6 is 11.8 Å². The second-order valence-corrected chi connectivity index (χ2v) is 6.02. The first kappa shape index (κ1) is 13.0. The molecule has 94 valence electrons. The summed E-state index contributed by atoms with van der Waals surface area (Å²) >= 11 is 1.98. The van der Waals surface area contributed by atoms with Gasteiger partial charge in [0.05, 0.1) is 0 Å². The number of hydrogen-bond donors (Lipinski definition) is 0. The largest absolute Gasteiger partial charge is 0.302 e. The van der Waals surface area contributed by atoms with Gasteiger partial charge in [-0.25, -0.2) is 0 Å². The fourth-order valence-electron chi connectivity index (χ4n) is 2.43. The van der Waals surface area contributed by atoms with Crippen LogP contribution in [0.15, 0.2) is 35.2 Å². The molecule has 0 N–H and O–H groups in total. The Morgan fingerprint density at radius 2 is 1.88 bits per heavy atom. The van der Waals surface area contributed by atoms with E-state index in [-0.39, 0.29) is 0 Å². The lowest BCUT2D eigenvalue weighted by molar-refractivity contribution is 0.191. The highest BCUT2D eigenvalue weighted by Gasteiger charge is 2.16. The van der Waals surface area contributed by atoms with Gasteiger partial charge in [-0.3, -0.25) is 0 Å². The standard InChI is InChI=1S/C15H23NS/c1-2-14-8-10-16(11-9-14)12-13-17-15-6-4-3-5-7-15/h3-7,14H,2,8-13H2,1H3. The maximum Gasteiger partial charge on any atom is 0.0108 e. The molecular weight excluding hydrogens is 226 g/mol. The van der Waals surface area contributed by atoms with Crippen LogP contribution in [0, 0.1) is 5.92 Å². The van der Waals surface area contributed by atoms with Crippen molar-refractivity contribution < 1.29 is 0 Å². The molecule has 1 heterocycles. The van der Waals surface area contributed by atoms with Gasteiger partial charge in [-0.05, 0) is 44.0 Å². The molecule has 0 unspecified atom stereocenters. The van der Waals surface area contributed by atoms with Gasteiger partial charge in [0, 0.05) is 17.2 Å². The van der Waals surface area contributed by atoms with Crippen LogP contribution < -0.4 is 0 Å².